The molecule has 0 fully saturated rings. The van der Waals surface area contributed by atoms with Crippen LogP contribution in [-0.4, -0.2) is 38.1 Å². The fourth-order valence-electron chi connectivity index (χ4n) is 1.75. The maximum atomic E-state index is 12.6. The van der Waals surface area contributed by atoms with Crippen LogP contribution in [0.15, 0.2) is 0 Å². The van der Waals surface area contributed by atoms with Gasteiger partial charge in [-0.15, -0.1) is 0 Å². The van der Waals surface area contributed by atoms with Crippen LogP contribution in [0.4, 0.5) is 17.6 Å². The largest absolute Gasteiger partial charge is 0.373 e. The number of hydrogen-bond donors (Lipinski definition) is 1. The SMILES string of the molecule is CCCCCCC(COCC(F)(F)C(F)F)NCC. The molecule has 0 aromatic rings. The molecule has 0 heterocycles. The number of rotatable bonds is 12. The summed E-state index contributed by atoms with van der Waals surface area (Å²) in [5.74, 6) is -4.06. The Balaban J connectivity index is 3.87. The average molecular weight is 287 g/mol. The lowest BCUT2D eigenvalue weighted by Gasteiger charge is -2.20. The van der Waals surface area contributed by atoms with Crippen LogP contribution >= 0.6 is 0 Å². The molecule has 0 aromatic heterocycles. The molecule has 116 valence electrons. The Morgan fingerprint density at radius 3 is 2.32 bits per heavy atom. The van der Waals surface area contributed by atoms with Crippen molar-refractivity contribution in [3.8, 4) is 0 Å². The van der Waals surface area contributed by atoms with Gasteiger partial charge in [-0.2, -0.15) is 8.78 Å². The maximum Gasteiger partial charge on any atom is 0.330 e. The van der Waals surface area contributed by atoms with Gasteiger partial charge in [-0.05, 0) is 13.0 Å². The van der Waals surface area contributed by atoms with Crippen LogP contribution < -0.4 is 5.32 Å². The highest BCUT2D eigenvalue weighted by atomic mass is 19.3. The third-order valence-corrected chi connectivity index (χ3v) is 2.83. The molecule has 1 atom stereocenters. The van der Waals surface area contributed by atoms with E-state index < -0.39 is 19.0 Å². The summed E-state index contributed by atoms with van der Waals surface area (Å²) < 4.78 is 53.9. The summed E-state index contributed by atoms with van der Waals surface area (Å²) >= 11 is 0. The summed E-state index contributed by atoms with van der Waals surface area (Å²) in [7, 11) is 0. The van der Waals surface area contributed by atoms with Gasteiger partial charge in [-0.1, -0.05) is 39.5 Å². The fourth-order valence-corrected chi connectivity index (χ4v) is 1.75. The van der Waals surface area contributed by atoms with Crippen LogP contribution in [-0.2, 0) is 4.74 Å². The van der Waals surface area contributed by atoms with Crippen LogP contribution in [0.2, 0.25) is 0 Å². The van der Waals surface area contributed by atoms with E-state index in [2.05, 4.69) is 12.2 Å². The molecule has 6 heteroatoms. The fraction of sp³-hybridized carbons (Fsp3) is 1.00. The van der Waals surface area contributed by atoms with E-state index in [4.69, 9.17) is 4.74 Å². The molecular formula is C13H25F4NO. The molecular weight excluding hydrogens is 262 g/mol. The molecule has 0 radical (unpaired) electrons. The van der Waals surface area contributed by atoms with E-state index in [-0.39, 0.29) is 12.6 Å². The number of ether oxygens (including phenoxy) is 1. The smallest absolute Gasteiger partial charge is 0.330 e. The van der Waals surface area contributed by atoms with E-state index in [1.807, 2.05) is 6.92 Å². The van der Waals surface area contributed by atoms with Crippen molar-refractivity contribution in [3.63, 3.8) is 0 Å². The summed E-state index contributed by atoms with van der Waals surface area (Å²) in [5.41, 5.74) is 0. The lowest BCUT2D eigenvalue weighted by Crippen LogP contribution is -2.37. The quantitative estimate of drug-likeness (QED) is 0.435. The Hall–Kier alpha value is -0.360. The monoisotopic (exact) mass is 287 g/mol. The topological polar surface area (TPSA) is 21.3 Å². The van der Waals surface area contributed by atoms with Gasteiger partial charge in [0.15, 0.2) is 0 Å². The normalized spacial score (nSPS) is 14.1. The van der Waals surface area contributed by atoms with Crippen LogP contribution in [0.5, 0.6) is 0 Å². The molecule has 0 rings (SSSR count). The number of unbranched alkanes of at least 4 members (excludes halogenated alkanes) is 3. The first-order chi connectivity index (χ1) is 8.94. The average Bonchev–Trinajstić information content (AvgIpc) is 2.34. The molecule has 2 nitrogen and oxygen atoms in total. The highest BCUT2D eigenvalue weighted by molar-refractivity contribution is 4.70. The summed E-state index contributed by atoms with van der Waals surface area (Å²) in [5, 5.41) is 3.12. The molecule has 1 N–H and O–H groups in total. The van der Waals surface area contributed by atoms with Crippen molar-refractivity contribution in [1.82, 2.24) is 5.32 Å². The van der Waals surface area contributed by atoms with Crippen LogP contribution in [0.25, 0.3) is 0 Å². The highest BCUT2D eigenvalue weighted by Gasteiger charge is 2.41. The van der Waals surface area contributed by atoms with Gasteiger partial charge in [-0.3, -0.25) is 0 Å². The molecule has 0 bridgehead atoms. The number of halogens is 4. The molecule has 0 spiro atoms. The lowest BCUT2D eigenvalue weighted by molar-refractivity contribution is -0.167. The molecule has 0 aliphatic carbocycles. The second-order valence-electron chi connectivity index (χ2n) is 4.68. The van der Waals surface area contributed by atoms with Gasteiger partial charge >= 0.3 is 12.3 Å². The van der Waals surface area contributed by atoms with Crippen LogP contribution in [0.1, 0.15) is 46.0 Å². The predicted molar refractivity (Wildman–Crippen MR) is 68.0 cm³/mol. The molecule has 0 aliphatic heterocycles. The first-order valence-corrected chi connectivity index (χ1v) is 6.91. The van der Waals surface area contributed by atoms with Crippen molar-refractivity contribution < 1.29 is 22.3 Å². The van der Waals surface area contributed by atoms with Crippen molar-refractivity contribution in [2.24, 2.45) is 0 Å². The molecule has 0 amide bonds. The zero-order valence-electron chi connectivity index (χ0n) is 11.7. The zero-order valence-corrected chi connectivity index (χ0v) is 11.7. The molecule has 1 unspecified atom stereocenters. The minimum Gasteiger partial charge on any atom is -0.373 e. The molecule has 0 aromatic carbocycles. The Bertz CT molecular complexity index is 215. The number of alkyl halides is 4. The van der Waals surface area contributed by atoms with Gasteiger partial charge in [0.25, 0.3) is 0 Å². The highest BCUT2D eigenvalue weighted by Crippen LogP contribution is 2.23. The van der Waals surface area contributed by atoms with Gasteiger partial charge in [0.05, 0.1) is 6.61 Å². The molecule has 0 aliphatic rings. The Kier molecular flexibility index (Phi) is 10.2. The van der Waals surface area contributed by atoms with Crippen LogP contribution in [0.3, 0.4) is 0 Å². The summed E-state index contributed by atoms with van der Waals surface area (Å²) in [6.07, 6.45) is 1.49. The Morgan fingerprint density at radius 1 is 1.11 bits per heavy atom. The van der Waals surface area contributed by atoms with Gasteiger partial charge in [0.1, 0.15) is 6.61 Å². The summed E-state index contributed by atoms with van der Waals surface area (Å²) in [4.78, 5) is 0. The molecule has 19 heavy (non-hydrogen) atoms. The van der Waals surface area contributed by atoms with E-state index in [0.717, 1.165) is 32.1 Å². The first kappa shape index (κ1) is 18.6. The van der Waals surface area contributed by atoms with E-state index in [0.29, 0.717) is 6.54 Å². The number of likely N-dealkylation sites (N-methyl/N-ethyl adjacent to an activating group) is 1. The third kappa shape index (κ3) is 9.21. The minimum absolute atomic E-state index is 0.0439. The Morgan fingerprint density at radius 2 is 1.79 bits per heavy atom. The molecule has 0 saturated heterocycles. The van der Waals surface area contributed by atoms with Crippen LogP contribution in [0, 0.1) is 0 Å². The third-order valence-electron chi connectivity index (χ3n) is 2.83. The van der Waals surface area contributed by atoms with E-state index in [1.165, 1.54) is 0 Å². The van der Waals surface area contributed by atoms with Gasteiger partial charge in [-0.25, -0.2) is 8.78 Å². The lowest BCUT2D eigenvalue weighted by atomic mass is 10.1. The van der Waals surface area contributed by atoms with Gasteiger partial charge in [0, 0.05) is 6.04 Å². The number of nitrogens with one attached hydrogen (secondary N) is 1. The summed E-state index contributed by atoms with van der Waals surface area (Å²) in [6.45, 7) is 3.54. The number of hydrogen-bond acceptors (Lipinski definition) is 2. The van der Waals surface area contributed by atoms with Gasteiger partial charge < -0.3 is 10.1 Å². The van der Waals surface area contributed by atoms with Crippen molar-refractivity contribution in [2.45, 2.75) is 64.3 Å². The minimum atomic E-state index is -4.06. The second-order valence-corrected chi connectivity index (χ2v) is 4.68. The van der Waals surface area contributed by atoms with E-state index in [1.54, 1.807) is 0 Å². The van der Waals surface area contributed by atoms with Crippen molar-refractivity contribution in [1.29, 1.82) is 0 Å². The Labute approximate surface area is 112 Å². The first-order valence-electron chi connectivity index (χ1n) is 6.91. The van der Waals surface area contributed by atoms with Gasteiger partial charge in [0.2, 0.25) is 0 Å². The van der Waals surface area contributed by atoms with Crippen molar-refractivity contribution in [3.05, 3.63) is 0 Å². The van der Waals surface area contributed by atoms with Crippen molar-refractivity contribution >= 4 is 0 Å². The standard InChI is InChI=1S/C13H25F4NO/c1-3-5-6-7-8-11(18-4-2)9-19-10-13(16,17)12(14)15/h11-12,18H,3-10H2,1-2H3. The summed E-state index contributed by atoms with van der Waals surface area (Å²) in [6, 6.07) is -0.0460. The second kappa shape index (κ2) is 10.4. The zero-order chi connectivity index (χ0) is 14.7. The maximum absolute atomic E-state index is 12.6. The van der Waals surface area contributed by atoms with E-state index in [9.17, 15) is 17.6 Å². The predicted octanol–water partition coefficient (Wildman–Crippen LogP) is 3.85. The van der Waals surface area contributed by atoms with E-state index >= 15 is 0 Å². The molecule has 0 saturated carbocycles. The van der Waals surface area contributed by atoms with Crippen molar-refractivity contribution in [2.75, 3.05) is 19.8 Å².